The number of aliphatic hydroxyl groups is 1. The zero-order chi connectivity index (χ0) is 13.1. The molecule has 1 unspecified atom stereocenters. The largest absolute Gasteiger partial charge is 0.391 e. The molecule has 0 saturated carbocycles. The van der Waals surface area contributed by atoms with Crippen LogP contribution >= 0.6 is 0 Å². The fourth-order valence-electron chi connectivity index (χ4n) is 2.15. The number of hydrogen-bond acceptors (Lipinski definition) is 5. The molecule has 1 N–H and O–H groups in total. The van der Waals surface area contributed by atoms with Crippen LogP contribution in [0.15, 0.2) is 0 Å². The van der Waals surface area contributed by atoms with Gasteiger partial charge in [-0.1, -0.05) is 13.8 Å². The third kappa shape index (κ3) is 2.84. The molecule has 1 fully saturated rings. The van der Waals surface area contributed by atoms with E-state index in [4.69, 9.17) is 0 Å². The predicted molar refractivity (Wildman–Crippen MR) is 63.7 cm³/mol. The Kier molecular flexibility index (Phi) is 3.90. The average molecular weight is 253 g/mol. The molecular weight excluding hydrogens is 234 g/mol. The minimum Gasteiger partial charge on any atom is -0.391 e. The van der Waals surface area contributed by atoms with Crippen molar-refractivity contribution in [2.75, 3.05) is 13.1 Å². The smallest absolute Gasteiger partial charge is 0.244 e. The van der Waals surface area contributed by atoms with Crippen molar-refractivity contribution >= 4 is 5.91 Å². The van der Waals surface area contributed by atoms with Gasteiger partial charge >= 0.3 is 0 Å². The first-order chi connectivity index (χ1) is 8.58. The molecule has 1 aromatic heterocycles. The van der Waals surface area contributed by atoms with Crippen LogP contribution in [0.3, 0.4) is 0 Å². The van der Waals surface area contributed by atoms with Gasteiger partial charge in [0.15, 0.2) is 5.82 Å². The van der Waals surface area contributed by atoms with Gasteiger partial charge in [-0.3, -0.25) is 4.79 Å². The summed E-state index contributed by atoms with van der Waals surface area (Å²) in [5.74, 6) is 0.851. The molecule has 1 aliphatic rings. The van der Waals surface area contributed by atoms with Gasteiger partial charge in [-0.25, -0.2) is 4.68 Å². The molecule has 0 bridgehead atoms. The van der Waals surface area contributed by atoms with E-state index in [2.05, 4.69) is 15.5 Å². The van der Waals surface area contributed by atoms with Crippen LogP contribution in [-0.4, -0.2) is 55.3 Å². The Bertz CT molecular complexity index is 417. The lowest BCUT2D eigenvalue weighted by molar-refractivity contribution is -0.135. The number of piperidine rings is 1. The lowest BCUT2D eigenvalue weighted by Crippen LogP contribution is -2.43. The first-order valence-electron chi connectivity index (χ1n) is 6.30. The summed E-state index contributed by atoms with van der Waals surface area (Å²) >= 11 is 0. The maximum Gasteiger partial charge on any atom is 0.244 e. The summed E-state index contributed by atoms with van der Waals surface area (Å²) in [4.78, 5) is 13.8. The van der Waals surface area contributed by atoms with Gasteiger partial charge < -0.3 is 10.0 Å². The minimum atomic E-state index is -0.402. The highest BCUT2D eigenvalue weighted by Gasteiger charge is 2.23. The maximum absolute atomic E-state index is 12.1. The highest BCUT2D eigenvalue weighted by atomic mass is 16.3. The van der Waals surface area contributed by atoms with Gasteiger partial charge in [-0.2, -0.15) is 0 Å². The fraction of sp³-hybridized carbons (Fsp3) is 0.818. The van der Waals surface area contributed by atoms with Crippen molar-refractivity contribution in [3.63, 3.8) is 0 Å². The number of likely N-dealkylation sites (tertiary alicyclic amines) is 1. The van der Waals surface area contributed by atoms with Gasteiger partial charge in [-0.15, -0.1) is 5.10 Å². The van der Waals surface area contributed by atoms with Crippen molar-refractivity contribution in [2.45, 2.75) is 45.3 Å². The topological polar surface area (TPSA) is 84.1 Å². The normalized spacial score (nSPS) is 20.4. The van der Waals surface area contributed by atoms with Crippen LogP contribution < -0.4 is 0 Å². The molecule has 0 spiro atoms. The molecule has 2 heterocycles. The van der Waals surface area contributed by atoms with E-state index in [-0.39, 0.29) is 18.4 Å². The Labute approximate surface area is 106 Å². The van der Waals surface area contributed by atoms with Gasteiger partial charge in [0.1, 0.15) is 6.54 Å². The number of carbonyl (C=O) groups excluding carboxylic acids is 1. The van der Waals surface area contributed by atoms with Crippen molar-refractivity contribution in [2.24, 2.45) is 0 Å². The molecule has 2 rings (SSSR count). The van der Waals surface area contributed by atoms with Crippen LogP contribution in [0.5, 0.6) is 0 Å². The first-order valence-corrected chi connectivity index (χ1v) is 6.30. The summed E-state index contributed by atoms with van der Waals surface area (Å²) < 4.78 is 1.54. The SMILES string of the molecule is CC(C)c1nnnn1CC(=O)N1CCCC(O)C1. The fourth-order valence-corrected chi connectivity index (χ4v) is 2.15. The summed E-state index contributed by atoms with van der Waals surface area (Å²) in [5.41, 5.74) is 0. The molecule has 1 aliphatic heterocycles. The highest BCUT2D eigenvalue weighted by molar-refractivity contribution is 5.76. The van der Waals surface area contributed by atoms with Crippen LogP contribution in [0.2, 0.25) is 0 Å². The standard InChI is InChI=1S/C11H19N5O2/c1-8(2)11-12-13-14-16(11)7-10(18)15-5-3-4-9(17)6-15/h8-9,17H,3-7H2,1-2H3. The number of β-amino-alcohol motifs (C(OH)–C–C–N with tert-alkyl or cyclic N) is 1. The van der Waals surface area contributed by atoms with Crippen LogP contribution in [-0.2, 0) is 11.3 Å². The van der Waals surface area contributed by atoms with Crippen LogP contribution in [0.1, 0.15) is 38.4 Å². The third-order valence-corrected chi connectivity index (χ3v) is 3.11. The lowest BCUT2D eigenvalue weighted by Gasteiger charge is -2.30. The zero-order valence-electron chi connectivity index (χ0n) is 10.8. The van der Waals surface area contributed by atoms with E-state index in [1.165, 1.54) is 4.68 Å². The maximum atomic E-state index is 12.1. The van der Waals surface area contributed by atoms with Crippen molar-refractivity contribution in [3.8, 4) is 0 Å². The van der Waals surface area contributed by atoms with Crippen LogP contribution in [0, 0.1) is 0 Å². The van der Waals surface area contributed by atoms with E-state index >= 15 is 0 Å². The molecule has 1 aromatic rings. The number of amides is 1. The van der Waals surface area contributed by atoms with Gasteiger partial charge in [0.05, 0.1) is 6.10 Å². The molecule has 1 amide bonds. The third-order valence-electron chi connectivity index (χ3n) is 3.11. The van der Waals surface area contributed by atoms with Crippen molar-refractivity contribution < 1.29 is 9.90 Å². The molecule has 0 radical (unpaired) electrons. The Morgan fingerprint density at radius 2 is 2.33 bits per heavy atom. The predicted octanol–water partition coefficient (Wildman–Crippen LogP) is -0.220. The number of aliphatic hydroxyl groups excluding tert-OH is 1. The summed E-state index contributed by atoms with van der Waals surface area (Å²) in [7, 11) is 0. The number of aromatic nitrogens is 4. The number of tetrazole rings is 1. The number of rotatable bonds is 3. The quantitative estimate of drug-likeness (QED) is 0.805. The molecule has 18 heavy (non-hydrogen) atoms. The molecule has 1 saturated heterocycles. The summed E-state index contributed by atoms with van der Waals surface area (Å²) in [6, 6.07) is 0. The summed E-state index contributed by atoms with van der Waals surface area (Å²) in [5, 5.41) is 20.9. The molecule has 1 atom stereocenters. The lowest BCUT2D eigenvalue weighted by atomic mass is 10.1. The Balaban J connectivity index is 2.00. The van der Waals surface area contributed by atoms with E-state index in [9.17, 15) is 9.90 Å². The molecule has 7 nitrogen and oxygen atoms in total. The highest BCUT2D eigenvalue weighted by Crippen LogP contribution is 2.12. The number of nitrogens with zero attached hydrogens (tertiary/aromatic N) is 5. The molecular formula is C11H19N5O2. The van der Waals surface area contributed by atoms with Gasteiger partial charge in [0.25, 0.3) is 0 Å². The van der Waals surface area contributed by atoms with E-state index in [0.717, 1.165) is 12.8 Å². The van der Waals surface area contributed by atoms with E-state index in [1.807, 2.05) is 13.8 Å². The Morgan fingerprint density at radius 3 is 3.00 bits per heavy atom. The monoisotopic (exact) mass is 253 g/mol. The molecule has 100 valence electrons. The second-order valence-corrected chi connectivity index (χ2v) is 4.99. The summed E-state index contributed by atoms with van der Waals surface area (Å²) in [6.07, 6.45) is 1.21. The zero-order valence-corrected chi connectivity index (χ0v) is 10.8. The Morgan fingerprint density at radius 1 is 1.56 bits per heavy atom. The van der Waals surface area contributed by atoms with E-state index in [1.54, 1.807) is 4.90 Å². The molecule has 0 aromatic carbocycles. The van der Waals surface area contributed by atoms with Gasteiger partial charge in [0, 0.05) is 19.0 Å². The average Bonchev–Trinajstić information content (AvgIpc) is 2.77. The second kappa shape index (κ2) is 5.43. The van der Waals surface area contributed by atoms with Gasteiger partial charge in [0.2, 0.25) is 5.91 Å². The van der Waals surface area contributed by atoms with E-state index < -0.39 is 6.10 Å². The van der Waals surface area contributed by atoms with Gasteiger partial charge in [-0.05, 0) is 23.3 Å². The first kappa shape index (κ1) is 12.9. The molecule has 7 heteroatoms. The van der Waals surface area contributed by atoms with Crippen LogP contribution in [0.4, 0.5) is 0 Å². The van der Waals surface area contributed by atoms with E-state index in [0.29, 0.717) is 18.9 Å². The van der Waals surface area contributed by atoms with Crippen molar-refractivity contribution in [1.82, 2.24) is 25.1 Å². The second-order valence-electron chi connectivity index (χ2n) is 4.99. The van der Waals surface area contributed by atoms with Crippen molar-refractivity contribution in [1.29, 1.82) is 0 Å². The Hall–Kier alpha value is -1.50. The van der Waals surface area contributed by atoms with Crippen molar-refractivity contribution in [3.05, 3.63) is 5.82 Å². The van der Waals surface area contributed by atoms with Crippen LogP contribution in [0.25, 0.3) is 0 Å². The minimum absolute atomic E-state index is 0.0389. The summed E-state index contributed by atoms with van der Waals surface area (Å²) in [6.45, 7) is 5.23. The number of hydrogen-bond donors (Lipinski definition) is 1. The number of carbonyl (C=O) groups is 1. The molecule has 0 aliphatic carbocycles.